The van der Waals surface area contributed by atoms with Crippen molar-refractivity contribution in [3.63, 3.8) is 0 Å². The maximum atomic E-state index is 6.21. The number of rotatable bonds is 5. The fraction of sp³-hybridized carbons (Fsp3) is 0.429. The van der Waals surface area contributed by atoms with Crippen molar-refractivity contribution in [2.75, 3.05) is 6.61 Å². The highest BCUT2D eigenvalue weighted by Crippen LogP contribution is 2.28. The van der Waals surface area contributed by atoms with Crippen LogP contribution < -0.4 is 5.73 Å². The summed E-state index contributed by atoms with van der Waals surface area (Å²) >= 11 is 8.20. The van der Waals surface area contributed by atoms with Gasteiger partial charge in [0.1, 0.15) is 5.54 Å². The van der Waals surface area contributed by atoms with Crippen LogP contribution in [0.3, 0.4) is 0 Å². The Balaban J connectivity index is 2.27. The molecule has 0 fully saturated rings. The summed E-state index contributed by atoms with van der Waals surface area (Å²) in [6.07, 6.45) is 0.0909. The van der Waals surface area contributed by atoms with Crippen molar-refractivity contribution >= 4 is 34.2 Å². The molecule has 1 aromatic carbocycles. The van der Waals surface area contributed by atoms with E-state index in [0.717, 1.165) is 9.13 Å². The van der Waals surface area contributed by atoms with Crippen molar-refractivity contribution < 1.29 is 9.26 Å². The summed E-state index contributed by atoms with van der Waals surface area (Å²) in [5.41, 5.74) is 6.19. The van der Waals surface area contributed by atoms with Crippen molar-refractivity contribution in [3.05, 3.63) is 32.6 Å². The molecule has 0 saturated carbocycles. The third-order valence-corrected chi connectivity index (χ3v) is 3.99. The van der Waals surface area contributed by atoms with Gasteiger partial charge in [-0.15, -0.1) is 0 Å². The Morgan fingerprint density at radius 1 is 1.48 bits per heavy atom. The number of halogens is 2. The van der Waals surface area contributed by atoms with Crippen LogP contribution >= 0.6 is 34.2 Å². The summed E-state index contributed by atoms with van der Waals surface area (Å²) in [5.74, 6) is 0.812. The third-order valence-electron chi connectivity index (χ3n) is 2.81. The lowest BCUT2D eigenvalue weighted by molar-refractivity contribution is 0.0410. The van der Waals surface area contributed by atoms with Crippen molar-refractivity contribution in [2.45, 2.75) is 32.4 Å². The second-order valence-corrected chi connectivity index (χ2v) is 6.92. The topological polar surface area (TPSA) is 74.2 Å². The Morgan fingerprint density at radius 2 is 2.19 bits per heavy atom. The zero-order valence-electron chi connectivity index (χ0n) is 12.1. The predicted octanol–water partition coefficient (Wildman–Crippen LogP) is 3.59. The van der Waals surface area contributed by atoms with Gasteiger partial charge in [-0.1, -0.05) is 16.8 Å². The molecule has 5 nitrogen and oxygen atoms in total. The molecule has 0 amide bonds. The molecular formula is C14H17ClIN3O2. The standard InChI is InChI=1S/C14H17ClIN3O2/c1-8(2)20-7-14(3,17)13-18-12(21-19-13)10-6-9(15)4-5-11(10)16/h4-6,8H,7,17H2,1-3H3. The summed E-state index contributed by atoms with van der Waals surface area (Å²) in [6.45, 7) is 6.03. The first-order chi connectivity index (χ1) is 9.79. The molecule has 0 aliphatic heterocycles. The first-order valence-corrected chi connectivity index (χ1v) is 7.95. The Bertz CT molecular complexity index is 628. The van der Waals surface area contributed by atoms with Crippen molar-refractivity contribution in [3.8, 4) is 11.5 Å². The predicted molar refractivity (Wildman–Crippen MR) is 90.1 cm³/mol. The number of benzene rings is 1. The quantitative estimate of drug-likeness (QED) is 0.747. The molecule has 0 bridgehead atoms. The van der Waals surface area contributed by atoms with E-state index >= 15 is 0 Å². The molecule has 7 heteroatoms. The van der Waals surface area contributed by atoms with Crippen LogP contribution in [0.15, 0.2) is 22.7 Å². The molecule has 0 radical (unpaired) electrons. The number of hydrogen-bond donors (Lipinski definition) is 1. The minimum Gasteiger partial charge on any atom is -0.376 e. The third kappa shape index (κ3) is 4.15. The van der Waals surface area contributed by atoms with Gasteiger partial charge in [-0.2, -0.15) is 4.98 Å². The number of ether oxygens (including phenoxy) is 1. The van der Waals surface area contributed by atoms with E-state index < -0.39 is 5.54 Å². The highest BCUT2D eigenvalue weighted by atomic mass is 127. The maximum Gasteiger partial charge on any atom is 0.259 e. The van der Waals surface area contributed by atoms with Crippen LogP contribution in [0, 0.1) is 3.57 Å². The van der Waals surface area contributed by atoms with Crippen LogP contribution in [0.2, 0.25) is 5.02 Å². The van der Waals surface area contributed by atoms with Gasteiger partial charge in [-0.3, -0.25) is 0 Å². The minimum atomic E-state index is -0.809. The molecule has 2 rings (SSSR count). The number of aromatic nitrogens is 2. The molecule has 1 heterocycles. The van der Waals surface area contributed by atoms with E-state index in [1.54, 1.807) is 6.07 Å². The Labute approximate surface area is 142 Å². The highest BCUT2D eigenvalue weighted by molar-refractivity contribution is 14.1. The van der Waals surface area contributed by atoms with Crippen molar-refractivity contribution in [1.29, 1.82) is 0 Å². The zero-order valence-corrected chi connectivity index (χ0v) is 15.0. The minimum absolute atomic E-state index is 0.0909. The van der Waals surface area contributed by atoms with Crippen molar-refractivity contribution in [2.24, 2.45) is 5.73 Å². The summed E-state index contributed by atoms with van der Waals surface area (Å²) < 4.78 is 11.8. The zero-order chi connectivity index (χ0) is 15.6. The maximum absolute atomic E-state index is 6.21. The molecule has 0 aliphatic rings. The number of nitrogens with two attached hydrogens (primary N) is 1. The van der Waals surface area contributed by atoms with E-state index in [0.29, 0.717) is 23.3 Å². The Kier molecular flexibility index (Phi) is 5.24. The van der Waals surface area contributed by atoms with E-state index in [1.165, 1.54) is 0 Å². The van der Waals surface area contributed by atoms with E-state index in [-0.39, 0.29) is 6.10 Å². The molecule has 1 aromatic heterocycles. The normalized spacial score (nSPS) is 14.4. The van der Waals surface area contributed by atoms with Gasteiger partial charge >= 0.3 is 0 Å². The fourth-order valence-electron chi connectivity index (χ4n) is 1.63. The molecule has 1 unspecified atom stereocenters. The lowest BCUT2D eigenvalue weighted by Crippen LogP contribution is -2.40. The molecule has 2 aromatic rings. The van der Waals surface area contributed by atoms with Gasteiger partial charge in [-0.25, -0.2) is 0 Å². The largest absolute Gasteiger partial charge is 0.376 e. The van der Waals surface area contributed by atoms with Crippen LogP contribution in [0.5, 0.6) is 0 Å². The molecule has 0 spiro atoms. The van der Waals surface area contributed by atoms with Gasteiger partial charge in [-0.05, 0) is 61.6 Å². The molecule has 21 heavy (non-hydrogen) atoms. The van der Waals surface area contributed by atoms with Gasteiger partial charge < -0.3 is 15.0 Å². The molecule has 1 atom stereocenters. The van der Waals surface area contributed by atoms with Crippen LogP contribution in [0.4, 0.5) is 0 Å². The van der Waals surface area contributed by atoms with Gasteiger partial charge in [0.2, 0.25) is 0 Å². The molecule has 0 aliphatic carbocycles. The average Bonchev–Trinajstić information content (AvgIpc) is 2.90. The smallest absolute Gasteiger partial charge is 0.259 e. The number of hydrogen-bond acceptors (Lipinski definition) is 5. The van der Waals surface area contributed by atoms with E-state index in [9.17, 15) is 0 Å². The summed E-state index contributed by atoms with van der Waals surface area (Å²) in [4.78, 5) is 4.39. The van der Waals surface area contributed by atoms with Crippen LogP contribution in [0.1, 0.15) is 26.6 Å². The molecule has 0 saturated heterocycles. The second kappa shape index (κ2) is 6.60. The van der Waals surface area contributed by atoms with E-state index in [1.807, 2.05) is 32.9 Å². The van der Waals surface area contributed by atoms with Crippen LogP contribution in [-0.2, 0) is 10.3 Å². The molecular weight excluding hydrogens is 405 g/mol. The van der Waals surface area contributed by atoms with Crippen LogP contribution in [0.25, 0.3) is 11.5 Å². The van der Waals surface area contributed by atoms with E-state index in [4.69, 9.17) is 26.6 Å². The summed E-state index contributed by atoms with van der Waals surface area (Å²) in [6, 6.07) is 5.50. The fourth-order valence-corrected chi connectivity index (χ4v) is 2.37. The first kappa shape index (κ1) is 16.7. The summed E-state index contributed by atoms with van der Waals surface area (Å²) in [5, 5.41) is 4.59. The molecule has 2 N–H and O–H groups in total. The van der Waals surface area contributed by atoms with E-state index in [2.05, 4.69) is 32.7 Å². The Hall–Kier alpha value is -0.700. The average molecular weight is 422 g/mol. The monoisotopic (exact) mass is 421 g/mol. The Morgan fingerprint density at radius 3 is 2.86 bits per heavy atom. The van der Waals surface area contributed by atoms with Gasteiger partial charge in [0, 0.05) is 8.59 Å². The highest BCUT2D eigenvalue weighted by Gasteiger charge is 2.29. The van der Waals surface area contributed by atoms with Gasteiger partial charge in [0.15, 0.2) is 5.82 Å². The number of nitrogens with zero attached hydrogens (tertiary/aromatic N) is 2. The van der Waals surface area contributed by atoms with Gasteiger partial charge in [0.05, 0.1) is 18.3 Å². The lowest BCUT2D eigenvalue weighted by Gasteiger charge is -2.21. The second-order valence-electron chi connectivity index (χ2n) is 5.32. The van der Waals surface area contributed by atoms with Gasteiger partial charge in [0.25, 0.3) is 5.89 Å². The van der Waals surface area contributed by atoms with Crippen molar-refractivity contribution in [1.82, 2.24) is 10.1 Å². The molecule has 114 valence electrons. The summed E-state index contributed by atoms with van der Waals surface area (Å²) in [7, 11) is 0. The lowest BCUT2D eigenvalue weighted by atomic mass is 10.1. The van der Waals surface area contributed by atoms with Crippen LogP contribution in [-0.4, -0.2) is 22.9 Å². The first-order valence-electron chi connectivity index (χ1n) is 6.49. The SMILES string of the molecule is CC(C)OCC(C)(N)c1noc(-c2cc(Cl)ccc2I)n1.